The number of rotatable bonds is 3. The van der Waals surface area contributed by atoms with Crippen LogP contribution in [0.2, 0.25) is 5.02 Å². The zero-order valence-electron chi connectivity index (χ0n) is 13.7. The summed E-state index contributed by atoms with van der Waals surface area (Å²) in [4.78, 5) is 25.5. The molecular formula is C18H21ClN4O. The number of halogens is 1. The summed E-state index contributed by atoms with van der Waals surface area (Å²) in [7, 11) is 0. The van der Waals surface area contributed by atoms with Crippen LogP contribution in [-0.2, 0) is 0 Å². The summed E-state index contributed by atoms with van der Waals surface area (Å²) < 4.78 is 0. The molecule has 3 rings (SSSR count). The standard InChI is InChI=1S/C18H21ClN4O/c1-14(17-13-20-7-8-21-17)22-9-2-10-23(12-11-22)18(24)15-3-5-16(19)6-4-15/h3-8,13-14H,2,9-12H2,1H3. The van der Waals surface area contributed by atoms with E-state index in [4.69, 9.17) is 11.6 Å². The average Bonchev–Trinajstić information content (AvgIpc) is 2.88. The molecule has 1 unspecified atom stereocenters. The second-order valence-electron chi connectivity index (χ2n) is 5.99. The Morgan fingerprint density at radius 1 is 1.12 bits per heavy atom. The number of hydrogen-bond donors (Lipinski definition) is 0. The molecule has 6 heteroatoms. The smallest absolute Gasteiger partial charge is 0.253 e. The van der Waals surface area contributed by atoms with Crippen LogP contribution in [0.25, 0.3) is 0 Å². The third-order valence-corrected chi connectivity index (χ3v) is 4.72. The topological polar surface area (TPSA) is 49.3 Å². The average molecular weight is 345 g/mol. The Labute approximate surface area is 147 Å². The van der Waals surface area contributed by atoms with Crippen LogP contribution in [0.1, 0.15) is 35.4 Å². The highest BCUT2D eigenvalue weighted by Crippen LogP contribution is 2.20. The number of hydrogen-bond acceptors (Lipinski definition) is 4. The van der Waals surface area contributed by atoms with Crippen LogP contribution < -0.4 is 0 Å². The molecule has 1 atom stereocenters. The van der Waals surface area contributed by atoms with Crippen molar-refractivity contribution >= 4 is 17.5 Å². The first-order valence-corrected chi connectivity index (χ1v) is 8.58. The second-order valence-corrected chi connectivity index (χ2v) is 6.43. The Balaban J connectivity index is 1.64. The van der Waals surface area contributed by atoms with Crippen LogP contribution in [0.5, 0.6) is 0 Å². The molecule has 0 bridgehead atoms. The molecule has 2 heterocycles. The predicted octanol–water partition coefficient (Wildman–Crippen LogP) is 3.04. The number of nitrogens with zero attached hydrogens (tertiary/aromatic N) is 4. The highest BCUT2D eigenvalue weighted by Gasteiger charge is 2.24. The van der Waals surface area contributed by atoms with Crippen molar-refractivity contribution in [2.24, 2.45) is 0 Å². The van der Waals surface area contributed by atoms with Gasteiger partial charge in [0.2, 0.25) is 0 Å². The molecule has 24 heavy (non-hydrogen) atoms. The molecular weight excluding hydrogens is 324 g/mol. The SMILES string of the molecule is CC(c1cnccn1)N1CCCN(C(=O)c2ccc(Cl)cc2)CC1. The molecule has 0 aliphatic carbocycles. The van der Waals surface area contributed by atoms with Gasteiger partial charge in [0.15, 0.2) is 0 Å². The largest absolute Gasteiger partial charge is 0.337 e. The molecule has 126 valence electrons. The van der Waals surface area contributed by atoms with Gasteiger partial charge in [0.1, 0.15) is 0 Å². The van der Waals surface area contributed by atoms with Gasteiger partial charge in [-0.25, -0.2) is 0 Å². The van der Waals surface area contributed by atoms with Gasteiger partial charge in [0.05, 0.1) is 11.7 Å². The van der Waals surface area contributed by atoms with Gasteiger partial charge >= 0.3 is 0 Å². The summed E-state index contributed by atoms with van der Waals surface area (Å²) in [5.41, 5.74) is 1.66. The van der Waals surface area contributed by atoms with Gasteiger partial charge < -0.3 is 4.90 Å². The van der Waals surface area contributed by atoms with E-state index in [2.05, 4.69) is 21.8 Å². The molecule has 1 amide bonds. The monoisotopic (exact) mass is 344 g/mol. The Morgan fingerprint density at radius 3 is 2.62 bits per heavy atom. The van der Waals surface area contributed by atoms with E-state index >= 15 is 0 Å². The lowest BCUT2D eigenvalue weighted by atomic mass is 10.2. The van der Waals surface area contributed by atoms with Gasteiger partial charge in [-0.3, -0.25) is 19.7 Å². The van der Waals surface area contributed by atoms with Crippen LogP contribution in [0.3, 0.4) is 0 Å². The Kier molecular flexibility index (Phi) is 5.43. The Bertz CT molecular complexity index is 677. The van der Waals surface area contributed by atoms with Crippen LogP contribution >= 0.6 is 11.6 Å². The van der Waals surface area contributed by atoms with Crippen molar-refractivity contribution < 1.29 is 4.79 Å². The third-order valence-electron chi connectivity index (χ3n) is 4.47. The van der Waals surface area contributed by atoms with Crippen LogP contribution in [0, 0.1) is 0 Å². The van der Waals surface area contributed by atoms with Crippen LogP contribution in [-0.4, -0.2) is 51.9 Å². The minimum absolute atomic E-state index is 0.0701. The fourth-order valence-electron chi connectivity index (χ4n) is 3.02. The molecule has 2 aromatic rings. The van der Waals surface area contributed by atoms with Gasteiger partial charge in [0.25, 0.3) is 5.91 Å². The lowest BCUT2D eigenvalue weighted by Crippen LogP contribution is -2.36. The Morgan fingerprint density at radius 2 is 1.92 bits per heavy atom. The lowest BCUT2D eigenvalue weighted by Gasteiger charge is -2.27. The Hall–Kier alpha value is -1.98. The molecule has 1 aromatic heterocycles. The molecule has 0 N–H and O–H groups in total. The predicted molar refractivity (Wildman–Crippen MR) is 94.0 cm³/mol. The molecule has 1 aliphatic heterocycles. The van der Waals surface area contributed by atoms with E-state index in [1.54, 1.807) is 36.7 Å². The summed E-state index contributed by atoms with van der Waals surface area (Å²) in [6.45, 7) is 5.40. The summed E-state index contributed by atoms with van der Waals surface area (Å²) in [5, 5.41) is 0.645. The van der Waals surface area contributed by atoms with Crippen molar-refractivity contribution in [2.45, 2.75) is 19.4 Å². The van der Waals surface area contributed by atoms with Gasteiger partial charge in [-0.2, -0.15) is 0 Å². The number of carbonyl (C=O) groups excluding carboxylic acids is 1. The zero-order valence-corrected chi connectivity index (χ0v) is 14.5. The van der Waals surface area contributed by atoms with E-state index in [0.717, 1.165) is 31.7 Å². The van der Waals surface area contributed by atoms with Gasteiger partial charge in [-0.1, -0.05) is 11.6 Å². The van der Waals surface area contributed by atoms with Gasteiger partial charge in [-0.15, -0.1) is 0 Å². The fourth-order valence-corrected chi connectivity index (χ4v) is 3.14. The molecule has 1 fully saturated rings. The minimum Gasteiger partial charge on any atom is -0.337 e. The van der Waals surface area contributed by atoms with Gasteiger partial charge in [0, 0.05) is 55.4 Å². The van der Waals surface area contributed by atoms with E-state index in [1.165, 1.54) is 0 Å². The maximum atomic E-state index is 12.7. The first kappa shape index (κ1) is 16.9. The second kappa shape index (κ2) is 7.73. The van der Waals surface area contributed by atoms with Crippen LogP contribution in [0.4, 0.5) is 0 Å². The molecule has 0 radical (unpaired) electrons. The highest BCUT2D eigenvalue weighted by molar-refractivity contribution is 6.30. The van der Waals surface area contributed by atoms with Crippen molar-refractivity contribution in [2.75, 3.05) is 26.2 Å². The van der Waals surface area contributed by atoms with E-state index < -0.39 is 0 Å². The molecule has 0 saturated carbocycles. The number of carbonyl (C=O) groups is 1. The van der Waals surface area contributed by atoms with E-state index in [0.29, 0.717) is 17.1 Å². The number of benzene rings is 1. The van der Waals surface area contributed by atoms with Crippen molar-refractivity contribution in [3.8, 4) is 0 Å². The molecule has 0 spiro atoms. The highest BCUT2D eigenvalue weighted by atomic mass is 35.5. The summed E-state index contributed by atoms with van der Waals surface area (Å²) >= 11 is 5.90. The quantitative estimate of drug-likeness (QED) is 0.858. The van der Waals surface area contributed by atoms with Crippen molar-refractivity contribution in [1.82, 2.24) is 19.8 Å². The zero-order chi connectivity index (χ0) is 16.9. The number of aromatic nitrogens is 2. The fraction of sp³-hybridized carbons (Fsp3) is 0.389. The molecule has 1 saturated heterocycles. The normalized spacial score (nSPS) is 17.3. The van der Waals surface area contributed by atoms with E-state index in [1.807, 2.05) is 11.1 Å². The van der Waals surface area contributed by atoms with Crippen LogP contribution in [0.15, 0.2) is 42.9 Å². The summed E-state index contributed by atoms with van der Waals surface area (Å²) in [5.74, 6) is 0.0701. The van der Waals surface area contributed by atoms with Crippen molar-refractivity contribution in [1.29, 1.82) is 0 Å². The summed E-state index contributed by atoms with van der Waals surface area (Å²) in [6.07, 6.45) is 6.17. The van der Waals surface area contributed by atoms with E-state index in [-0.39, 0.29) is 11.9 Å². The minimum atomic E-state index is 0.0701. The number of amides is 1. The molecule has 1 aliphatic rings. The lowest BCUT2D eigenvalue weighted by molar-refractivity contribution is 0.0758. The first-order chi connectivity index (χ1) is 11.6. The first-order valence-electron chi connectivity index (χ1n) is 8.20. The van der Waals surface area contributed by atoms with Gasteiger partial charge in [-0.05, 0) is 37.6 Å². The van der Waals surface area contributed by atoms with Crippen molar-refractivity contribution in [3.05, 3.63) is 59.1 Å². The van der Waals surface area contributed by atoms with Crippen molar-refractivity contribution in [3.63, 3.8) is 0 Å². The maximum Gasteiger partial charge on any atom is 0.253 e. The third kappa shape index (κ3) is 3.91. The maximum absolute atomic E-state index is 12.7. The molecule has 5 nitrogen and oxygen atoms in total. The summed E-state index contributed by atoms with van der Waals surface area (Å²) in [6, 6.07) is 7.29. The van der Waals surface area contributed by atoms with E-state index in [9.17, 15) is 4.79 Å². The molecule has 1 aromatic carbocycles.